The molecule has 110 valence electrons. The zero-order valence-corrected chi connectivity index (χ0v) is 11.8. The maximum atomic E-state index is 10.7. The largest absolute Gasteiger partial charge is 0.465 e. The number of nitrogens with one attached hydrogen (secondary N) is 1. The molecule has 1 aliphatic rings. The highest BCUT2D eigenvalue weighted by atomic mass is 16.4. The quantitative estimate of drug-likeness (QED) is 0.755. The molecular weight excluding hydrogens is 242 g/mol. The molecule has 1 atom stereocenters. The van der Waals surface area contributed by atoms with Crippen LogP contribution in [0.25, 0.3) is 0 Å². The minimum Gasteiger partial charge on any atom is -0.465 e. The van der Waals surface area contributed by atoms with Crippen LogP contribution in [0.15, 0.2) is 10.2 Å². The van der Waals surface area contributed by atoms with Crippen LogP contribution in [-0.2, 0) is 0 Å². The van der Waals surface area contributed by atoms with Gasteiger partial charge in [0.1, 0.15) is 0 Å². The number of carbonyl (C=O) groups is 1. The van der Waals surface area contributed by atoms with Gasteiger partial charge in [-0.05, 0) is 25.7 Å². The van der Waals surface area contributed by atoms with Crippen LogP contribution >= 0.6 is 0 Å². The van der Waals surface area contributed by atoms with Gasteiger partial charge in [0.25, 0.3) is 0 Å². The first-order valence-electron chi connectivity index (χ1n) is 7.62. The third-order valence-corrected chi connectivity index (χ3v) is 3.55. The van der Waals surface area contributed by atoms with Gasteiger partial charge in [-0.25, -0.2) is 4.79 Å². The van der Waals surface area contributed by atoms with Gasteiger partial charge in [0.15, 0.2) is 0 Å². The second-order valence-electron chi connectivity index (χ2n) is 5.28. The molecule has 2 N–H and O–H groups in total. The predicted molar refractivity (Wildman–Crippen MR) is 75.7 cm³/mol. The molecule has 0 bridgehead atoms. The second kappa shape index (κ2) is 10.8. The summed E-state index contributed by atoms with van der Waals surface area (Å²) in [4.78, 5) is 10.7. The van der Waals surface area contributed by atoms with Crippen molar-refractivity contribution in [3.63, 3.8) is 0 Å². The number of hydrogen-bond acceptors (Lipinski definition) is 3. The fourth-order valence-corrected chi connectivity index (χ4v) is 2.47. The second-order valence-corrected chi connectivity index (χ2v) is 5.28. The summed E-state index contributed by atoms with van der Waals surface area (Å²) in [6.07, 6.45) is 10.4. The number of amides is 1. The fourth-order valence-electron chi connectivity index (χ4n) is 2.47. The Balaban J connectivity index is 2.33. The topological polar surface area (TPSA) is 74.0 Å². The maximum absolute atomic E-state index is 10.7. The van der Waals surface area contributed by atoms with E-state index in [0.29, 0.717) is 0 Å². The average Bonchev–Trinajstić information content (AvgIpc) is 2.38. The van der Waals surface area contributed by atoms with Crippen molar-refractivity contribution in [2.75, 3.05) is 13.1 Å². The van der Waals surface area contributed by atoms with Gasteiger partial charge in [-0.15, -0.1) is 0 Å². The number of nitrogens with zero attached hydrogens (tertiary/aromatic N) is 2. The third kappa shape index (κ3) is 9.45. The van der Waals surface area contributed by atoms with Gasteiger partial charge in [0.05, 0.1) is 13.1 Å². The summed E-state index contributed by atoms with van der Waals surface area (Å²) in [5, 5.41) is 19.7. The summed E-state index contributed by atoms with van der Waals surface area (Å²) in [6, 6.07) is 0.0813. The summed E-state index contributed by atoms with van der Waals surface area (Å²) in [5.74, 6) is 0. The van der Waals surface area contributed by atoms with Gasteiger partial charge in [-0.3, -0.25) is 0 Å². The van der Waals surface area contributed by atoms with Crippen LogP contribution in [0, 0.1) is 0 Å². The van der Waals surface area contributed by atoms with Gasteiger partial charge < -0.3 is 10.4 Å². The average molecular weight is 269 g/mol. The minimum absolute atomic E-state index is 0.0813. The summed E-state index contributed by atoms with van der Waals surface area (Å²) in [5.41, 5.74) is 0. The van der Waals surface area contributed by atoms with Gasteiger partial charge in [-0.1, -0.05) is 38.5 Å². The zero-order valence-electron chi connectivity index (χ0n) is 11.8. The molecule has 19 heavy (non-hydrogen) atoms. The number of rotatable bonds is 1. The standard InChI is InChI=1S/C14H27N3O2/c18-14(19)17-13-9-6-4-2-1-3-5-7-11-15-16-12-8-10-13/h13,17H,1-12H2,(H,18,19). The van der Waals surface area contributed by atoms with Crippen LogP contribution < -0.4 is 5.32 Å². The van der Waals surface area contributed by atoms with Crippen molar-refractivity contribution in [1.29, 1.82) is 0 Å². The molecule has 0 saturated carbocycles. The van der Waals surface area contributed by atoms with Crippen LogP contribution in [0.4, 0.5) is 4.79 Å². The molecule has 5 heteroatoms. The minimum atomic E-state index is -0.912. The van der Waals surface area contributed by atoms with E-state index in [1.807, 2.05) is 0 Å². The lowest BCUT2D eigenvalue weighted by molar-refractivity contribution is 0.187. The van der Waals surface area contributed by atoms with Crippen molar-refractivity contribution in [2.24, 2.45) is 10.2 Å². The highest BCUT2D eigenvalue weighted by Gasteiger charge is 2.10. The Morgan fingerprint density at radius 2 is 1.37 bits per heavy atom. The molecule has 0 radical (unpaired) electrons. The predicted octanol–water partition coefficient (Wildman–Crippen LogP) is 3.99. The fraction of sp³-hybridized carbons (Fsp3) is 0.929. The molecule has 1 aliphatic heterocycles. The highest BCUT2D eigenvalue weighted by Crippen LogP contribution is 2.13. The molecule has 1 rings (SSSR count). The van der Waals surface area contributed by atoms with E-state index in [2.05, 4.69) is 15.5 Å². The lowest BCUT2D eigenvalue weighted by Gasteiger charge is -2.16. The molecule has 0 aromatic rings. The van der Waals surface area contributed by atoms with Gasteiger partial charge >= 0.3 is 6.09 Å². The first-order valence-corrected chi connectivity index (χ1v) is 7.62. The van der Waals surface area contributed by atoms with E-state index in [1.54, 1.807) is 0 Å². The molecule has 0 aromatic heterocycles. The molecule has 1 unspecified atom stereocenters. The number of carboxylic acid groups (broad SMARTS) is 1. The SMILES string of the molecule is O=C(O)NC1CCCCCCCCCN=NCCC1. The van der Waals surface area contributed by atoms with E-state index < -0.39 is 6.09 Å². The van der Waals surface area contributed by atoms with Crippen molar-refractivity contribution in [1.82, 2.24) is 5.32 Å². The molecule has 0 fully saturated rings. The van der Waals surface area contributed by atoms with E-state index in [1.165, 1.54) is 32.1 Å². The van der Waals surface area contributed by atoms with Crippen molar-refractivity contribution in [2.45, 2.75) is 70.3 Å². The maximum Gasteiger partial charge on any atom is 0.404 e. The summed E-state index contributed by atoms with van der Waals surface area (Å²) < 4.78 is 0. The van der Waals surface area contributed by atoms with Crippen LogP contribution in [0.1, 0.15) is 64.2 Å². The highest BCUT2D eigenvalue weighted by molar-refractivity contribution is 5.64. The van der Waals surface area contributed by atoms with Crippen molar-refractivity contribution in [3.8, 4) is 0 Å². The lowest BCUT2D eigenvalue weighted by atomic mass is 10.0. The van der Waals surface area contributed by atoms with Crippen molar-refractivity contribution < 1.29 is 9.90 Å². The van der Waals surface area contributed by atoms with Gasteiger partial charge in [0.2, 0.25) is 0 Å². The number of azo groups is 1. The lowest BCUT2D eigenvalue weighted by Crippen LogP contribution is -2.33. The molecule has 0 saturated heterocycles. The molecule has 0 aromatic carbocycles. The molecule has 0 spiro atoms. The molecular formula is C14H27N3O2. The Morgan fingerprint density at radius 1 is 0.842 bits per heavy atom. The van der Waals surface area contributed by atoms with Gasteiger partial charge in [0, 0.05) is 6.04 Å². The Hall–Kier alpha value is -1.13. The molecule has 0 aliphatic carbocycles. The van der Waals surface area contributed by atoms with Crippen LogP contribution in [0.3, 0.4) is 0 Å². The first-order chi connectivity index (χ1) is 9.29. The summed E-state index contributed by atoms with van der Waals surface area (Å²) in [6.45, 7) is 1.56. The molecule has 1 heterocycles. The zero-order chi connectivity index (χ0) is 13.8. The van der Waals surface area contributed by atoms with E-state index in [-0.39, 0.29) is 6.04 Å². The van der Waals surface area contributed by atoms with Gasteiger partial charge in [-0.2, -0.15) is 10.2 Å². The molecule has 5 nitrogen and oxygen atoms in total. The van der Waals surface area contributed by atoms with Crippen LogP contribution in [0.5, 0.6) is 0 Å². The van der Waals surface area contributed by atoms with Crippen molar-refractivity contribution in [3.05, 3.63) is 0 Å². The summed E-state index contributed by atoms with van der Waals surface area (Å²) >= 11 is 0. The Morgan fingerprint density at radius 3 is 2.05 bits per heavy atom. The molecule has 1 amide bonds. The van der Waals surface area contributed by atoms with E-state index in [9.17, 15) is 4.79 Å². The van der Waals surface area contributed by atoms with E-state index in [0.717, 1.165) is 45.2 Å². The van der Waals surface area contributed by atoms with E-state index in [4.69, 9.17) is 5.11 Å². The Kier molecular flexibility index (Phi) is 9.02. The summed E-state index contributed by atoms with van der Waals surface area (Å²) in [7, 11) is 0. The monoisotopic (exact) mass is 269 g/mol. The Bertz CT molecular complexity index is 269. The third-order valence-electron chi connectivity index (χ3n) is 3.55. The number of hydrogen-bond donors (Lipinski definition) is 2. The van der Waals surface area contributed by atoms with Crippen LogP contribution in [0.2, 0.25) is 0 Å². The smallest absolute Gasteiger partial charge is 0.404 e. The normalized spacial score (nSPS) is 24.1. The van der Waals surface area contributed by atoms with Crippen LogP contribution in [-0.4, -0.2) is 30.3 Å². The Labute approximate surface area is 115 Å². The first kappa shape index (κ1) is 15.9. The van der Waals surface area contributed by atoms with Crippen molar-refractivity contribution >= 4 is 6.09 Å². The van der Waals surface area contributed by atoms with E-state index >= 15 is 0 Å².